The molecule has 0 saturated carbocycles. The third kappa shape index (κ3) is 4.39. The van der Waals surface area contributed by atoms with Crippen LogP contribution in [0.4, 0.5) is 10.1 Å². The standard InChI is InChI=1S/C19H21FN4O2S/c1-11-7-12(2)24(22-11)18-6-5-15(8-17(18)20)21-19(25)10-27-9-16-13(3)23-26-14(16)4/h5-8H,9-10H2,1-4H3,(H,21,25). The Morgan fingerprint density at radius 2 is 2.04 bits per heavy atom. The van der Waals surface area contributed by atoms with Gasteiger partial charge in [0, 0.05) is 22.7 Å². The summed E-state index contributed by atoms with van der Waals surface area (Å²) in [6.45, 7) is 7.45. The molecule has 3 aromatic rings. The molecule has 0 aliphatic heterocycles. The van der Waals surface area contributed by atoms with Crippen LogP contribution in [0.1, 0.15) is 28.4 Å². The molecule has 0 bridgehead atoms. The number of amides is 1. The third-order valence-electron chi connectivity index (χ3n) is 4.13. The lowest BCUT2D eigenvalue weighted by Gasteiger charge is -2.09. The average molecular weight is 388 g/mol. The first-order valence-corrected chi connectivity index (χ1v) is 9.63. The Bertz CT molecular complexity index is 961. The van der Waals surface area contributed by atoms with Crippen LogP contribution in [0.15, 0.2) is 28.8 Å². The van der Waals surface area contributed by atoms with E-state index in [1.54, 1.807) is 16.8 Å². The molecule has 8 heteroatoms. The highest BCUT2D eigenvalue weighted by molar-refractivity contribution is 7.99. The summed E-state index contributed by atoms with van der Waals surface area (Å²) < 4.78 is 21.1. The van der Waals surface area contributed by atoms with E-state index in [2.05, 4.69) is 15.6 Å². The molecule has 3 rings (SSSR count). The zero-order chi connectivity index (χ0) is 19.6. The highest BCUT2D eigenvalue weighted by Crippen LogP contribution is 2.22. The molecule has 2 aromatic heterocycles. The second-order valence-corrected chi connectivity index (χ2v) is 7.33. The normalized spacial score (nSPS) is 11.0. The fourth-order valence-corrected chi connectivity index (χ4v) is 3.76. The van der Waals surface area contributed by atoms with Gasteiger partial charge in [-0.15, -0.1) is 11.8 Å². The monoisotopic (exact) mass is 388 g/mol. The molecule has 0 spiro atoms. The third-order valence-corrected chi connectivity index (χ3v) is 5.09. The Balaban J connectivity index is 1.60. The molecule has 0 unspecified atom stereocenters. The van der Waals surface area contributed by atoms with Gasteiger partial charge in [-0.3, -0.25) is 4.79 Å². The lowest BCUT2D eigenvalue weighted by atomic mass is 10.2. The Hall–Kier alpha value is -2.61. The number of hydrogen-bond donors (Lipinski definition) is 1. The summed E-state index contributed by atoms with van der Waals surface area (Å²) in [5.41, 5.74) is 4.28. The first-order chi connectivity index (χ1) is 12.8. The van der Waals surface area contributed by atoms with E-state index in [1.165, 1.54) is 17.8 Å². The maximum atomic E-state index is 14.5. The molecular formula is C19H21FN4O2S. The van der Waals surface area contributed by atoms with Gasteiger partial charge in [0.25, 0.3) is 0 Å². The fourth-order valence-electron chi connectivity index (χ4n) is 2.78. The summed E-state index contributed by atoms with van der Waals surface area (Å²) in [4.78, 5) is 12.1. The number of aryl methyl sites for hydroxylation is 4. The fraction of sp³-hybridized carbons (Fsp3) is 0.316. The number of nitrogens with zero attached hydrogens (tertiary/aromatic N) is 3. The Morgan fingerprint density at radius 1 is 1.26 bits per heavy atom. The summed E-state index contributed by atoms with van der Waals surface area (Å²) in [5, 5.41) is 10.9. The molecule has 2 heterocycles. The van der Waals surface area contributed by atoms with Crippen molar-refractivity contribution in [2.45, 2.75) is 33.4 Å². The van der Waals surface area contributed by atoms with Crippen LogP contribution in [-0.2, 0) is 10.5 Å². The first kappa shape index (κ1) is 19.2. The highest BCUT2D eigenvalue weighted by Gasteiger charge is 2.13. The molecule has 0 aliphatic rings. The number of carbonyl (C=O) groups excluding carboxylic acids is 1. The molecule has 0 radical (unpaired) electrons. The molecule has 0 aliphatic carbocycles. The number of benzene rings is 1. The van der Waals surface area contributed by atoms with E-state index in [1.807, 2.05) is 33.8 Å². The van der Waals surface area contributed by atoms with Crippen LogP contribution in [0, 0.1) is 33.5 Å². The SMILES string of the molecule is Cc1cc(C)n(-c2ccc(NC(=O)CSCc3c(C)noc3C)cc2F)n1. The van der Waals surface area contributed by atoms with Crippen LogP contribution in [0.2, 0.25) is 0 Å². The van der Waals surface area contributed by atoms with Gasteiger partial charge in [0.2, 0.25) is 5.91 Å². The van der Waals surface area contributed by atoms with Crippen molar-refractivity contribution in [3.63, 3.8) is 0 Å². The molecule has 1 N–H and O–H groups in total. The molecule has 0 atom stereocenters. The van der Waals surface area contributed by atoms with E-state index in [-0.39, 0.29) is 11.7 Å². The zero-order valence-electron chi connectivity index (χ0n) is 15.7. The van der Waals surface area contributed by atoms with E-state index in [4.69, 9.17) is 4.52 Å². The predicted octanol–water partition coefficient (Wildman–Crippen LogP) is 4.10. The predicted molar refractivity (Wildman–Crippen MR) is 104 cm³/mol. The van der Waals surface area contributed by atoms with Crippen molar-refractivity contribution >= 4 is 23.4 Å². The highest BCUT2D eigenvalue weighted by atomic mass is 32.2. The minimum absolute atomic E-state index is 0.190. The van der Waals surface area contributed by atoms with Crippen molar-refractivity contribution in [3.8, 4) is 5.69 Å². The second-order valence-electron chi connectivity index (χ2n) is 6.35. The summed E-state index contributed by atoms with van der Waals surface area (Å²) in [6.07, 6.45) is 0. The molecule has 1 amide bonds. The van der Waals surface area contributed by atoms with Gasteiger partial charge < -0.3 is 9.84 Å². The van der Waals surface area contributed by atoms with E-state index < -0.39 is 5.82 Å². The lowest BCUT2D eigenvalue weighted by molar-refractivity contribution is -0.113. The van der Waals surface area contributed by atoms with Gasteiger partial charge in [0.1, 0.15) is 11.4 Å². The average Bonchev–Trinajstić information content (AvgIpc) is 3.10. The largest absolute Gasteiger partial charge is 0.361 e. The molecule has 6 nitrogen and oxygen atoms in total. The van der Waals surface area contributed by atoms with Crippen molar-refractivity contribution in [1.29, 1.82) is 0 Å². The summed E-state index contributed by atoms with van der Waals surface area (Å²) in [5.74, 6) is 1.03. The van der Waals surface area contributed by atoms with E-state index in [0.717, 1.165) is 28.4 Å². The quantitative estimate of drug-likeness (QED) is 0.688. The first-order valence-electron chi connectivity index (χ1n) is 8.47. The van der Waals surface area contributed by atoms with E-state index in [9.17, 15) is 9.18 Å². The number of thioether (sulfide) groups is 1. The van der Waals surface area contributed by atoms with E-state index in [0.29, 0.717) is 17.1 Å². The number of halogens is 1. The number of carbonyl (C=O) groups is 1. The van der Waals surface area contributed by atoms with Gasteiger partial charge in [-0.1, -0.05) is 5.16 Å². The molecule has 1 aromatic carbocycles. The van der Waals surface area contributed by atoms with Gasteiger partial charge in [-0.05, 0) is 52.0 Å². The summed E-state index contributed by atoms with van der Waals surface area (Å²) in [6, 6.07) is 6.47. The van der Waals surface area contributed by atoms with Crippen molar-refractivity contribution < 1.29 is 13.7 Å². The zero-order valence-corrected chi connectivity index (χ0v) is 16.5. The topological polar surface area (TPSA) is 73.0 Å². The molecular weight excluding hydrogens is 367 g/mol. The summed E-state index contributed by atoms with van der Waals surface area (Å²) in [7, 11) is 0. The number of aromatic nitrogens is 3. The number of anilines is 1. The second kappa shape index (κ2) is 7.96. The van der Waals surface area contributed by atoms with Crippen LogP contribution in [0.3, 0.4) is 0 Å². The maximum Gasteiger partial charge on any atom is 0.234 e. The molecule has 0 fully saturated rings. The van der Waals surface area contributed by atoms with Gasteiger partial charge in [0.05, 0.1) is 17.1 Å². The molecule has 27 heavy (non-hydrogen) atoms. The van der Waals surface area contributed by atoms with Crippen LogP contribution < -0.4 is 5.32 Å². The number of hydrogen-bond acceptors (Lipinski definition) is 5. The van der Waals surface area contributed by atoms with Crippen molar-refractivity contribution in [1.82, 2.24) is 14.9 Å². The minimum atomic E-state index is -0.442. The van der Waals surface area contributed by atoms with Crippen molar-refractivity contribution in [2.75, 3.05) is 11.1 Å². The Morgan fingerprint density at radius 3 is 2.63 bits per heavy atom. The molecule has 0 saturated heterocycles. The van der Waals surface area contributed by atoms with Crippen LogP contribution in [0.5, 0.6) is 0 Å². The van der Waals surface area contributed by atoms with Gasteiger partial charge in [-0.2, -0.15) is 5.10 Å². The van der Waals surface area contributed by atoms with Gasteiger partial charge in [0.15, 0.2) is 5.82 Å². The smallest absolute Gasteiger partial charge is 0.234 e. The Kier molecular flexibility index (Phi) is 5.65. The number of nitrogens with one attached hydrogen (secondary N) is 1. The minimum Gasteiger partial charge on any atom is -0.361 e. The Labute approximate surface area is 161 Å². The van der Waals surface area contributed by atoms with Crippen molar-refractivity contribution in [3.05, 3.63) is 58.5 Å². The maximum absolute atomic E-state index is 14.5. The van der Waals surface area contributed by atoms with Crippen molar-refractivity contribution in [2.24, 2.45) is 0 Å². The van der Waals surface area contributed by atoms with E-state index >= 15 is 0 Å². The van der Waals surface area contributed by atoms with Gasteiger partial charge >= 0.3 is 0 Å². The lowest BCUT2D eigenvalue weighted by Crippen LogP contribution is -2.14. The molecule has 142 valence electrons. The van der Waals surface area contributed by atoms with Crippen LogP contribution in [0.25, 0.3) is 5.69 Å². The van der Waals surface area contributed by atoms with Crippen LogP contribution >= 0.6 is 11.8 Å². The number of rotatable bonds is 6. The van der Waals surface area contributed by atoms with Crippen LogP contribution in [-0.4, -0.2) is 26.6 Å². The summed E-state index contributed by atoms with van der Waals surface area (Å²) >= 11 is 1.46. The van der Waals surface area contributed by atoms with Gasteiger partial charge in [-0.25, -0.2) is 9.07 Å².